The number of benzene rings is 6. The van der Waals surface area contributed by atoms with Crippen LogP contribution in [0.4, 0.5) is 40.3 Å². The van der Waals surface area contributed by atoms with Crippen LogP contribution in [0.15, 0.2) is 134 Å². The number of ether oxygens (including phenoxy) is 6. The first-order valence-corrected chi connectivity index (χ1v) is 25.8. The number of amides is 4. The second-order valence-corrected chi connectivity index (χ2v) is 18.9. The van der Waals surface area contributed by atoms with Crippen molar-refractivity contribution in [1.29, 1.82) is 0 Å². The molecule has 10 rings (SSSR count). The van der Waals surface area contributed by atoms with Gasteiger partial charge in [0.2, 0.25) is 23.6 Å². The third kappa shape index (κ3) is 14.7. The van der Waals surface area contributed by atoms with Crippen molar-refractivity contribution >= 4 is 103 Å². The Hall–Kier alpha value is -9.75. The maximum atomic E-state index is 15.1. The third-order valence-corrected chi connectivity index (χ3v) is 13.1. The molecule has 0 unspecified atom stereocenters. The molecule has 4 amide bonds. The van der Waals surface area contributed by atoms with Crippen LogP contribution in [0.3, 0.4) is 0 Å². The number of hydrogen-bond acceptors (Lipinski definition) is 16. The number of carbonyl (C=O) groups is 6. The van der Waals surface area contributed by atoms with Gasteiger partial charge in [0.05, 0.1) is 36.2 Å². The van der Waals surface area contributed by atoms with Gasteiger partial charge in [-0.3, -0.25) is 29.1 Å². The average Bonchev–Trinajstić information content (AvgIpc) is 3.52. The maximum absolute atomic E-state index is 15.1. The zero-order valence-electron chi connectivity index (χ0n) is 45.2. The summed E-state index contributed by atoms with van der Waals surface area (Å²) in [5.74, 6) is -6.59. The Balaban J connectivity index is 0.000000219. The van der Waals surface area contributed by atoms with E-state index in [0.717, 1.165) is 12.1 Å². The van der Waals surface area contributed by atoms with Crippen LogP contribution in [-0.4, -0.2) is 95.0 Å². The van der Waals surface area contributed by atoms with Crippen molar-refractivity contribution in [2.24, 2.45) is 10.8 Å². The van der Waals surface area contributed by atoms with Gasteiger partial charge in [-0.2, -0.15) is 0 Å². The number of pyridine rings is 2. The van der Waals surface area contributed by atoms with E-state index in [2.05, 4.69) is 31.2 Å². The monoisotopic (exact) mass is 1180 g/mol. The zero-order valence-corrected chi connectivity index (χ0v) is 46.6. The first kappa shape index (κ1) is 61.3. The van der Waals surface area contributed by atoms with E-state index in [9.17, 15) is 47.8 Å². The van der Waals surface area contributed by atoms with Crippen molar-refractivity contribution in [3.63, 3.8) is 0 Å². The number of anilines is 4. The topological polar surface area (TPSA) is 278 Å². The van der Waals surface area contributed by atoms with Crippen LogP contribution >= 0.6 is 0 Å². The predicted molar refractivity (Wildman–Crippen MR) is 296 cm³/mol. The summed E-state index contributed by atoms with van der Waals surface area (Å²) < 4.78 is 89.8. The summed E-state index contributed by atoms with van der Waals surface area (Å²) >= 11 is 0. The number of carboxylic acids is 2. The van der Waals surface area contributed by atoms with Gasteiger partial charge in [0.1, 0.15) is 47.2 Å². The molecule has 0 spiro atoms. The number of nitrogens with zero attached hydrogens (tertiary/aromatic N) is 2. The minimum absolute atomic E-state index is 0. The van der Waals surface area contributed by atoms with Gasteiger partial charge < -0.3 is 69.5 Å². The molecule has 2 heterocycles. The average molecular weight is 1180 g/mol. The molecule has 25 heteroatoms. The van der Waals surface area contributed by atoms with Crippen molar-refractivity contribution in [2.75, 3.05) is 47.7 Å². The largest absolute Gasteiger partial charge is 2.00 e. The van der Waals surface area contributed by atoms with Gasteiger partial charge in [-0.15, -0.1) is 0 Å². The minimum Gasteiger partial charge on any atom is -0.546 e. The quantitative estimate of drug-likeness (QED) is 0.0284. The number of carboxylic acid groups (broad SMARTS) is 2. The third-order valence-electron chi connectivity index (χ3n) is 13.1. The minimum atomic E-state index is -1.40. The van der Waals surface area contributed by atoms with Gasteiger partial charge in [0, 0.05) is 70.2 Å². The number of nitrogens with one attached hydrogen (secondary N) is 4. The molecular weight excluding hydrogens is 1130 g/mol. The van der Waals surface area contributed by atoms with Crippen molar-refractivity contribution in [3.8, 4) is 46.0 Å². The Morgan fingerprint density at radius 1 is 0.435 bits per heavy atom. The number of hydrogen-bond donors (Lipinski definition) is 4. The van der Waals surface area contributed by atoms with Crippen molar-refractivity contribution in [2.45, 2.75) is 39.5 Å². The Bertz CT molecular complexity index is 3600. The van der Waals surface area contributed by atoms with Gasteiger partial charge in [-0.25, -0.2) is 17.6 Å². The normalized spacial score (nSPS) is 13.1. The van der Waals surface area contributed by atoms with Crippen LogP contribution in [0, 0.1) is 34.1 Å². The molecule has 432 valence electrons. The van der Waals surface area contributed by atoms with E-state index in [1.54, 1.807) is 26.0 Å². The fourth-order valence-electron chi connectivity index (χ4n) is 8.46. The number of carbonyl (C=O) groups excluding carboxylic acids is 6. The first-order valence-electron chi connectivity index (χ1n) is 25.8. The van der Waals surface area contributed by atoms with Crippen molar-refractivity contribution < 1.29 is 85.0 Å². The summed E-state index contributed by atoms with van der Waals surface area (Å²) in [5, 5.41) is 33.0. The molecule has 8 aromatic rings. The standard InChI is InChI=1S/2C30H25F2N3O7.Mg/c2*1-2-40-25-14-20-22(15-26(25)41-16-27(36)37)33-12-9-23(20)42-24-8-7-19(13-21(24)32)35-29(39)30(10-11-30)28(38)34-18-5-3-17(31)4-6-18;/h2*3-9,12-15H,2,10-11,16H2,1H3,(H,34,38)(H,35,39)(H,36,37);/q;;+2/p-2. The van der Waals surface area contributed by atoms with Gasteiger partial charge in [0.15, 0.2) is 46.1 Å². The van der Waals surface area contributed by atoms with Gasteiger partial charge in [-0.1, -0.05) is 0 Å². The summed E-state index contributed by atoms with van der Waals surface area (Å²) in [6.45, 7) is 2.64. The van der Waals surface area contributed by atoms with E-state index in [0.29, 0.717) is 58.9 Å². The van der Waals surface area contributed by atoms with E-state index in [-0.39, 0.29) is 93.6 Å². The van der Waals surface area contributed by atoms with Crippen LogP contribution in [0.1, 0.15) is 39.5 Å². The Morgan fingerprint density at radius 3 is 1.08 bits per heavy atom. The predicted octanol–water partition coefficient (Wildman–Crippen LogP) is 8.00. The second-order valence-electron chi connectivity index (χ2n) is 18.9. The summed E-state index contributed by atoms with van der Waals surface area (Å²) in [7, 11) is 0. The molecular formula is C60H48F4MgN6O14. The maximum Gasteiger partial charge on any atom is 2.00 e. The molecule has 0 saturated heterocycles. The number of aliphatic carboxylic acids is 2. The number of rotatable bonds is 22. The van der Waals surface area contributed by atoms with E-state index in [4.69, 9.17) is 28.4 Å². The second kappa shape index (κ2) is 26.7. The molecule has 0 atom stereocenters. The van der Waals surface area contributed by atoms with Gasteiger partial charge >= 0.3 is 23.1 Å². The smallest absolute Gasteiger partial charge is 0.546 e. The molecule has 20 nitrogen and oxygen atoms in total. The van der Waals surface area contributed by atoms with E-state index < -0.39 is 82.9 Å². The Labute approximate surface area is 496 Å². The summed E-state index contributed by atoms with van der Waals surface area (Å²) in [6, 6.07) is 27.1. The van der Waals surface area contributed by atoms with Crippen LogP contribution in [0.2, 0.25) is 0 Å². The molecule has 4 N–H and O–H groups in total. The molecule has 85 heavy (non-hydrogen) atoms. The number of fused-ring (bicyclic) bond motifs is 2. The molecule has 6 aromatic carbocycles. The van der Waals surface area contributed by atoms with Crippen LogP contribution < -0.4 is 59.9 Å². The molecule has 2 aromatic heterocycles. The summed E-state index contributed by atoms with van der Waals surface area (Å²) in [5.41, 5.74) is -0.908. The van der Waals surface area contributed by atoms with E-state index >= 15 is 8.78 Å². The molecule has 2 fully saturated rings. The van der Waals surface area contributed by atoms with E-state index in [1.807, 2.05) is 0 Å². The Morgan fingerprint density at radius 2 is 0.765 bits per heavy atom. The van der Waals surface area contributed by atoms with Crippen molar-refractivity contribution in [3.05, 3.63) is 157 Å². The molecule has 0 aliphatic heterocycles. The van der Waals surface area contributed by atoms with Gasteiger partial charge in [-0.05, 0) is 137 Å². The number of halogens is 4. The van der Waals surface area contributed by atoms with Crippen LogP contribution in [0.25, 0.3) is 21.8 Å². The molecule has 2 saturated carbocycles. The first-order chi connectivity index (χ1) is 40.4. The molecule has 2 aliphatic rings. The SMILES string of the molecule is CCOc1cc2c(Oc3ccc(NC(=O)C4(C(=O)Nc5ccc(F)cc5)CC4)cc3F)ccnc2cc1OCC(=O)[O-].CCOc1cc2c(Oc3ccc(NC(=O)C4(C(=O)Nc5ccc(F)cc5)CC4)cc3F)ccnc2cc1OCC(=O)[O-].[Mg+2]. The number of aromatic nitrogens is 2. The summed E-state index contributed by atoms with van der Waals surface area (Å²) in [4.78, 5) is 81.7. The zero-order chi connectivity index (χ0) is 59.7. The fraction of sp³-hybridized carbons (Fsp3) is 0.200. The molecule has 0 bridgehead atoms. The molecule has 2 aliphatic carbocycles. The van der Waals surface area contributed by atoms with E-state index in [1.165, 1.54) is 109 Å². The summed E-state index contributed by atoms with van der Waals surface area (Å²) in [6.07, 6.45) is 4.11. The van der Waals surface area contributed by atoms with Crippen LogP contribution in [-0.2, 0) is 28.8 Å². The molecule has 0 radical (unpaired) electrons. The van der Waals surface area contributed by atoms with Crippen LogP contribution in [0.5, 0.6) is 46.0 Å². The Kier molecular flexibility index (Phi) is 19.2. The van der Waals surface area contributed by atoms with Gasteiger partial charge in [0.25, 0.3) is 0 Å². The fourth-order valence-corrected chi connectivity index (χ4v) is 8.46. The van der Waals surface area contributed by atoms with Crippen molar-refractivity contribution in [1.82, 2.24) is 9.97 Å².